The smallest absolute Gasteiger partial charge is 0.206 e. The first kappa shape index (κ1) is 88.8. The Bertz CT molecular complexity index is 4230. The molecule has 0 bridgehead atoms. The van der Waals surface area contributed by atoms with Gasteiger partial charge in [-0.25, -0.2) is 0 Å². The lowest BCUT2D eigenvalue weighted by atomic mass is 9.80. The topological polar surface area (TPSA) is 78.8 Å². The fourth-order valence-electron chi connectivity index (χ4n) is 18.8. The highest BCUT2D eigenvalue weighted by Crippen LogP contribution is 2.50. The van der Waals surface area contributed by atoms with Crippen LogP contribution >= 0.6 is 22.7 Å². The van der Waals surface area contributed by atoms with Crippen LogP contribution in [0.5, 0.6) is 0 Å². The third-order valence-electron chi connectivity index (χ3n) is 26.2. The molecule has 2 aliphatic rings. The first-order valence-electron chi connectivity index (χ1n) is 46.8. The van der Waals surface area contributed by atoms with Gasteiger partial charge in [-0.3, -0.25) is 0 Å². The van der Waals surface area contributed by atoms with Crippen molar-refractivity contribution >= 4 is 77.8 Å². The normalized spacial score (nSPS) is 14.6. The molecule has 8 heteroatoms. The molecule has 6 nitrogen and oxygen atoms in total. The standard InChI is InChI=1S/C105H148N6S2/c1-11-17-21-25-29-33-37-41-45-49-53-80(54-50-46-42-38-34-30-26-22-18-12-2)76-110-92-74-82(94-65-66-95(112-94)87-70-83-57-59-85-72-88(96-67-68-97(113-96)104(7,8)16-6)73-86-60-58-84(71-87)98(83)99(85)86)61-63-90(92)100(108-78-106)102(110)103-101(109-79-107)91-64-62-89(105(9,10)69-15-5)75-93(91)111(103)77-81(55-51-47-43-39-35-31-27-23-19-13-3)56-52-48-44-40-36-32-28-24-20-14-4/h57-68,70-75,80-81H,11-56,69,76-77H2,1-10H3/b103-102+,108-100+,109-101+. The molecule has 2 aromatic heterocycles. The summed E-state index contributed by atoms with van der Waals surface area (Å²) in [6.07, 6.45) is 65.8. The maximum Gasteiger partial charge on any atom is 0.206 e. The van der Waals surface area contributed by atoms with Gasteiger partial charge in [0.25, 0.3) is 0 Å². The number of nitriles is 2. The van der Waals surface area contributed by atoms with Crippen molar-refractivity contribution in [1.29, 1.82) is 10.5 Å². The van der Waals surface area contributed by atoms with Crippen LogP contribution in [0.4, 0.5) is 11.4 Å². The summed E-state index contributed by atoms with van der Waals surface area (Å²) in [4.78, 5) is 20.7. The van der Waals surface area contributed by atoms with Gasteiger partial charge in [0.2, 0.25) is 12.4 Å². The molecular weight excluding hydrogens is 1410 g/mol. The molecule has 8 aromatic rings. The van der Waals surface area contributed by atoms with E-state index < -0.39 is 0 Å². The Morgan fingerprint density at radius 3 is 1.02 bits per heavy atom. The minimum Gasteiger partial charge on any atom is -0.337 e. The molecule has 610 valence electrons. The van der Waals surface area contributed by atoms with E-state index in [1.807, 2.05) is 22.7 Å². The molecule has 0 fully saturated rings. The first-order chi connectivity index (χ1) is 55.3. The largest absolute Gasteiger partial charge is 0.337 e. The number of anilines is 2. The van der Waals surface area contributed by atoms with Crippen LogP contribution in [0.3, 0.4) is 0 Å². The lowest BCUT2D eigenvalue weighted by Gasteiger charge is -2.33. The molecule has 0 spiro atoms. The second-order valence-corrected chi connectivity index (χ2v) is 38.2. The lowest BCUT2D eigenvalue weighted by Crippen LogP contribution is -2.35. The van der Waals surface area contributed by atoms with E-state index in [2.05, 4.69) is 201 Å². The number of unbranched alkanes of at least 4 members (excludes halogenated alkanes) is 36. The molecule has 2 aliphatic heterocycles. The number of hydrogen-bond donors (Lipinski definition) is 0. The number of rotatable bonds is 56. The predicted molar refractivity (Wildman–Crippen MR) is 499 cm³/mol. The third kappa shape index (κ3) is 25.0. The summed E-state index contributed by atoms with van der Waals surface area (Å²) in [6.45, 7) is 25.1. The molecular formula is C105H148N6S2. The van der Waals surface area contributed by atoms with Gasteiger partial charge in [-0.1, -0.05) is 375 Å². The van der Waals surface area contributed by atoms with Crippen LogP contribution in [-0.2, 0) is 10.8 Å². The molecule has 4 heterocycles. The van der Waals surface area contributed by atoms with Crippen LogP contribution in [0.2, 0.25) is 0 Å². The molecule has 0 saturated heterocycles. The highest BCUT2D eigenvalue weighted by molar-refractivity contribution is 7.18. The highest BCUT2D eigenvalue weighted by Gasteiger charge is 2.43. The molecule has 0 atom stereocenters. The number of nitrogens with zero attached hydrogens (tertiary/aromatic N) is 6. The molecule has 0 N–H and O–H groups in total. The van der Waals surface area contributed by atoms with Crippen molar-refractivity contribution in [2.75, 3.05) is 22.9 Å². The fourth-order valence-corrected chi connectivity index (χ4v) is 21.0. The predicted octanol–water partition coefficient (Wildman–Crippen LogP) is 34.0. The van der Waals surface area contributed by atoms with E-state index >= 15 is 0 Å². The minimum atomic E-state index is -0.0616. The van der Waals surface area contributed by atoms with E-state index in [0.29, 0.717) is 17.5 Å². The lowest BCUT2D eigenvalue weighted by molar-refractivity contribution is 0.403. The Labute approximate surface area is 696 Å². The van der Waals surface area contributed by atoms with E-state index in [1.165, 1.54) is 344 Å². The molecule has 0 amide bonds. The molecule has 0 radical (unpaired) electrons. The summed E-state index contributed by atoms with van der Waals surface area (Å²) < 4.78 is 0. The van der Waals surface area contributed by atoms with Gasteiger partial charge in [-0.05, 0) is 182 Å². The van der Waals surface area contributed by atoms with Gasteiger partial charge < -0.3 is 9.80 Å². The van der Waals surface area contributed by atoms with E-state index in [-0.39, 0.29) is 10.8 Å². The summed E-state index contributed by atoms with van der Waals surface area (Å²) in [5.74, 6) is 0.830. The third-order valence-corrected chi connectivity index (χ3v) is 28.9. The zero-order valence-corrected chi connectivity index (χ0v) is 74.3. The van der Waals surface area contributed by atoms with Gasteiger partial charge >= 0.3 is 0 Å². The van der Waals surface area contributed by atoms with Gasteiger partial charge in [0, 0.05) is 43.7 Å². The Morgan fingerprint density at radius 2 is 0.664 bits per heavy atom. The number of hydrogen-bond acceptors (Lipinski definition) is 8. The Balaban J connectivity index is 1.05. The summed E-state index contributed by atoms with van der Waals surface area (Å²) >= 11 is 3.82. The monoisotopic (exact) mass is 1560 g/mol. The summed E-state index contributed by atoms with van der Waals surface area (Å²) in [5.41, 5.74) is 12.8. The van der Waals surface area contributed by atoms with Crippen molar-refractivity contribution in [3.05, 3.63) is 142 Å². The Hall–Kier alpha value is -6.58. The molecule has 0 saturated carbocycles. The average Bonchev–Trinajstić information content (AvgIpc) is 1.54. The van der Waals surface area contributed by atoms with Crippen molar-refractivity contribution in [2.45, 2.75) is 382 Å². The molecule has 0 unspecified atom stereocenters. The summed E-state index contributed by atoms with van der Waals surface area (Å²) in [5, 5.41) is 30.3. The van der Waals surface area contributed by atoms with Gasteiger partial charge in [-0.2, -0.15) is 20.5 Å². The Morgan fingerprint density at radius 1 is 0.336 bits per heavy atom. The number of thiophene rings is 2. The average molecular weight is 1560 g/mol. The van der Waals surface area contributed by atoms with Gasteiger partial charge in [0.1, 0.15) is 11.4 Å². The zero-order valence-electron chi connectivity index (χ0n) is 72.7. The van der Waals surface area contributed by atoms with Crippen molar-refractivity contribution in [3.63, 3.8) is 0 Å². The maximum atomic E-state index is 11.3. The van der Waals surface area contributed by atoms with Crippen LogP contribution < -0.4 is 9.80 Å². The SMILES string of the molecule is CCCCCCCCCCCCC(CCCCCCCCCCCC)CN1C(=C2\C(=N\C#N)c3ccc(C(C)(C)CCC)cc3N2CC(CCCCCCCCCCCC)CCCCCCCCCCCC)/C(=N/C#N)c2ccc(-c3ccc(-c4cc5ccc6cc(-c7ccc(C(C)(C)CC)s7)cc7ccc(c4)c5c67)s3)cc21. The zero-order chi connectivity index (χ0) is 79.6. The summed E-state index contributed by atoms with van der Waals surface area (Å²) in [6, 6.07) is 42.7. The quantitative estimate of drug-likeness (QED) is 0.0216. The summed E-state index contributed by atoms with van der Waals surface area (Å²) in [7, 11) is 0. The number of aliphatic imine (C=N–C) groups is 2. The van der Waals surface area contributed by atoms with Crippen LogP contribution in [0.1, 0.15) is 393 Å². The fraction of sp³-hybridized carbons (Fsp3) is 0.600. The highest BCUT2D eigenvalue weighted by atomic mass is 32.1. The molecule has 6 aromatic carbocycles. The second kappa shape index (κ2) is 47.0. The van der Waals surface area contributed by atoms with E-state index in [4.69, 9.17) is 9.98 Å². The molecule has 10 rings (SSSR count). The van der Waals surface area contributed by atoms with Crippen LogP contribution in [-0.4, -0.2) is 24.5 Å². The van der Waals surface area contributed by atoms with Crippen LogP contribution in [0, 0.1) is 34.7 Å². The van der Waals surface area contributed by atoms with Crippen molar-refractivity contribution in [3.8, 4) is 43.7 Å². The Kier molecular flexibility index (Phi) is 36.9. The number of allylic oxidation sites excluding steroid dienone is 2. The van der Waals surface area contributed by atoms with Crippen LogP contribution in [0.15, 0.2) is 131 Å². The van der Waals surface area contributed by atoms with Crippen LogP contribution in [0.25, 0.3) is 63.6 Å². The van der Waals surface area contributed by atoms with Gasteiger partial charge in [0.15, 0.2) is 0 Å². The first-order valence-corrected chi connectivity index (χ1v) is 48.4. The minimum absolute atomic E-state index is 0.0616. The van der Waals surface area contributed by atoms with Gasteiger partial charge in [0.05, 0.1) is 22.8 Å². The van der Waals surface area contributed by atoms with E-state index in [9.17, 15) is 10.5 Å². The maximum absolute atomic E-state index is 11.3. The van der Waals surface area contributed by atoms with E-state index in [1.54, 1.807) is 0 Å². The molecule has 0 aliphatic carbocycles. The van der Waals surface area contributed by atoms with E-state index in [0.717, 1.165) is 84.8 Å². The van der Waals surface area contributed by atoms with Gasteiger partial charge in [-0.15, -0.1) is 22.7 Å². The molecule has 113 heavy (non-hydrogen) atoms. The number of benzene rings is 6. The number of fused-ring (bicyclic) bond motifs is 2. The van der Waals surface area contributed by atoms with Crippen molar-refractivity contribution < 1.29 is 0 Å². The second-order valence-electron chi connectivity index (χ2n) is 36.0. The van der Waals surface area contributed by atoms with Crippen molar-refractivity contribution in [2.24, 2.45) is 21.8 Å². The van der Waals surface area contributed by atoms with Crippen molar-refractivity contribution in [1.82, 2.24) is 0 Å².